The number of nitrogens with zero attached hydrogens (tertiary/aromatic N) is 4. The topological polar surface area (TPSA) is 78.3 Å². The molecule has 0 saturated carbocycles. The second-order valence-corrected chi connectivity index (χ2v) is 10.5. The zero-order valence-corrected chi connectivity index (χ0v) is 22.7. The summed E-state index contributed by atoms with van der Waals surface area (Å²) in [7, 11) is 3.66. The van der Waals surface area contributed by atoms with E-state index in [4.69, 9.17) is 15.5 Å². The van der Waals surface area contributed by atoms with E-state index >= 15 is 0 Å². The second kappa shape index (κ2) is 9.81. The fourth-order valence-electron chi connectivity index (χ4n) is 5.15. The molecule has 0 bridgehead atoms. The molecule has 35 heavy (non-hydrogen) atoms. The third-order valence-electron chi connectivity index (χ3n) is 6.94. The predicted molar refractivity (Wildman–Crippen MR) is 149 cm³/mol. The lowest BCUT2D eigenvalue weighted by Crippen LogP contribution is -2.45. The van der Waals surface area contributed by atoms with Gasteiger partial charge in [-0.15, -0.1) is 0 Å². The smallest absolute Gasteiger partial charge is 0.254 e. The molecule has 4 aromatic rings. The molecule has 1 saturated heterocycles. The molecule has 184 valence electrons. The number of para-hydroxylation sites is 1. The number of nitrogens with two attached hydrogens (primary N) is 1. The number of rotatable bonds is 6. The molecule has 0 spiro atoms. The molecular weight excluding hydrogens is 553 g/mol. The molecule has 2 aromatic carbocycles. The Morgan fingerprint density at radius 2 is 2.09 bits per heavy atom. The summed E-state index contributed by atoms with van der Waals surface area (Å²) < 4.78 is 11.3. The van der Waals surface area contributed by atoms with E-state index in [1.54, 1.807) is 7.11 Å². The number of halogens is 1. The summed E-state index contributed by atoms with van der Waals surface area (Å²) >= 11 is 2.45. The van der Waals surface area contributed by atoms with Crippen LogP contribution < -0.4 is 10.5 Å². The Balaban J connectivity index is 1.64. The van der Waals surface area contributed by atoms with Crippen molar-refractivity contribution < 1.29 is 9.53 Å². The fraction of sp³-hybridized carbons (Fsp3) is 0.407. The first-order chi connectivity index (χ1) is 16.9. The van der Waals surface area contributed by atoms with E-state index in [-0.39, 0.29) is 11.9 Å². The van der Waals surface area contributed by atoms with Crippen LogP contribution in [0.4, 0.5) is 0 Å². The van der Waals surface area contributed by atoms with Gasteiger partial charge in [0.15, 0.2) is 5.82 Å². The largest absolute Gasteiger partial charge is 0.494 e. The van der Waals surface area contributed by atoms with Crippen LogP contribution in [0.5, 0.6) is 5.75 Å². The average Bonchev–Trinajstić information content (AvgIpc) is 3.40. The number of fused-ring (bicyclic) bond motifs is 2. The number of amides is 1. The van der Waals surface area contributed by atoms with Gasteiger partial charge in [0.05, 0.1) is 18.3 Å². The van der Waals surface area contributed by atoms with Crippen LogP contribution in [0.15, 0.2) is 42.5 Å². The maximum absolute atomic E-state index is 13.3. The third-order valence-corrected chi connectivity index (χ3v) is 8.45. The number of benzene rings is 2. The highest BCUT2D eigenvalue weighted by atomic mass is 127. The van der Waals surface area contributed by atoms with Gasteiger partial charge in [-0.3, -0.25) is 4.79 Å². The van der Waals surface area contributed by atoms with Crippen LogP contribution >= 0.6 is 22.6 Å². The maximum Gasteiger partial charge on any atom is 0.254 e. The number of alkyl halides is 1. The number of hydrogen-bond donors (Lipinski definition) is 1. The molecule has 5 rings (SSSR count). The fourth-order valence-corrected chi connectivity index (χ4v) is 5.43. The van der Waals surface area contributed by atoms with Crippen LogP contribution in [-0.4, -0.2) is 55.6 Å². The van der Waals surface area contributed by atoms with E-state index in [0.717, 1.165) is 52.9 Å². The summed E-state index contributed by atoms with van der Waals surface area (Å²) in [5.74, 6) is 2.02. The second-order valence-electron chi connectivity index (χ2n) is 9.65. The molecule has 1 amide bonds. The number of carbonyl (C=O) groups excluding carboxylic acids is 1. The quantitative estimate of drug-likeness (QED) is 0.260. The summed E-state index contributed by atoms with van der Waals surface area (Å²) in [6.07, 6.45) is 1.89. The van der Waals surface area contributed by atoms with Crippen LogP contribution in [0.25, 0.3) is 33.5 Å². The van der Waals surface area contributed by atoms with Gasteiger partial charge in [0.2, 0.25) is 0 Å². The Morgan fingerprint density at radius 3 is 2.83 bits per heavy atom. The molecular formula is C27H32IN5O2. The van der Waals surface area contributed by atoms with Crippen molar-refractivity contribution in [2.45, 2.75) is 32.4 Å². The van der Waals surface area contributed by atoms with Gasteiger partial charge in [0.1, 0.15) is 11.3 Å². The number of aryl methyl sites for hydroxylation is 1. The van der Waals surface area contributed by atoms with E-state index in [9.17, 15) is 4.79 Å². The Bertz CT molecular complexity index is 1390. The van der Waals surface area contributed by atoms with Crippen molar-refractivity contribution in [3.05, 3.63) is 48.0 Å². The standard InChI is InChI=1S/C27H32IN5O2/c1-17(14-28)15-33-22-9-5-4-7-18(22)12-23(33)26-30-21-11-19(13-24(35-3)25(21)31(26)2)27(34)32-10-6-8-20(29)16-32/h4-5,7,9,11-13,17,20H,6,8,10,14-16,29H2,1-3H3/t17-,20-/m1/s1. The summed E-state index contributed by atoms with van der Waals surface area (Å²) in [6.45, 7) is 4.50. The summed E-state index contributed by atoms with van der Waals surface area (Å²) in [4.78, 5) is 20.2. The van der Waals surface area contributed by atoms with E-state index in [1.807, 2.05) is 24.1 Å². The van der Waals surface area contributed by atoms with Crippen LogP contribution in [0.2, 0.25) is 0 Å². The van der Waals surface area contributed by atoms with E-state index in [2.05, 4.69) is 69.0 Å². The van der Waals surface area contributed by atoms with Gasteiger partial charge in [-0.1, -0.05) is 47.7 Å². The highest BCUT2D eigenvalue weighted by Crippen LogP contribution is 2.35. The number of methoxy groups -OCH3 is 1. The number of hydrogen-bond acceptors (Lipinski definition) is 4. The monoisotopic (exact) mass is 585 g/mol. The molecule has 1 aliphatic rings. The van der Waals surface area contributed by atoms with Crippen molar-refractivity contribution in [3.8, 4) is 17.3 Å². The van der Waals surface area contributed by atoms with Crippen molar-refractivity contribution >= 4 is 50.4 Å². The lowest BCUT2D eigenvalue weighted by atomic mass is 10.0. The van der Waals surface area contributed by atoms with Crippen molar-refractivity contribution in [2.24, 2.45) is 18.7 Å². The van der Waals surface area contributed by atoms with Crippen LogP contribution in [0.3, 0.4) is 0 Å². The van der Waals surface area contributed by atoms with Gasteiger partial charge in [-0.25, -0.2) is 4.98 Å². The van der Waals surface area contributed by atoms with Gasteiger partial charge in [-0.05, 0) is 43.0 Å². The Morgan fingerprint density at radius 1 is 1.29 bits per heavy atom. The predicted octanol–water partition coefficient (Wildman–Crippen LogP) is 4.84. The molecule has 2 N–H and O–H groups in total. The summed E-state index contributed by atoms with van der Waals surface area (Å²) in [6, 6.07) is 14.4. The van der Waals surface area contributed by atoms with Crippen LogP contribution in [0, 0.1) is 5.92 Å². The number of aromatic nitrogens is 3. The number of carbonyl (C=O) groups is 1. The average molecular weight is 585 g/mol. The third kappa shape index (κ3) is 4.42. The molecule has 7 nitrogen and oxygen atoms in total. The van der Waals surface area contributed by atoms with Crippen molar-refractivity contribution in [3.63, 3.8) is 0 Å². The maximum atomic E-state index is 13.3. The highest BCUT2D eigenvalue weighted by molar-refractivity contribution is 14.1. The molecule has 1 fully saturated rings. The van der Waals surface area contributed by atoms with E-state index in [1.165, 1.54) is 10.9 Å². The molecule has 0 unspecified atom stereocenters. The van der Waals surface area contributed by atoms with E-state index < -0.39 is 0 Å². The molecule has 2 aromatic heterocycles. The zero-order valence-electron chi connectivity index (χ0n) is 20.5. The molecule has 2 atom stereocenters. The van der Waals surface area contributed by atoms with Crippen LogP contribution in [0.1, 0.15) is 30.1 Å². The molecule has 1 aliphatic heterocycles. The molecule has 0 radical (unpaired) electrons. The van der Waals surface area contributed by atoms with E-state index in [0.29, 0.717) is 23.8 Å². The Hall–Kier alpha value is -2.59. The van der Waals surface area contributed by atoms with Gasteiger partial charge in [-0.2, -0.15) is 0 Å². The van der Waals surface area contributed by atoms with Crippen LogP contribution in [-0.2, 0) is 13.6 Å². The molecule has 3 heterocycles. The van der Waals surface area contributed by atoms with Gasteiger partial charge in [0.25, 0.3) is 5.91 Å². The minimum absolute atomic E-state index is 0.0162. The Labute approximate surface area is 219 Å². The molecule has 0 aliphatic carbocycles. The number of imidazole rings is 1. The Kier molecular flexibility index (Phi) is 6.76. The SMILES string of the molecule is COc1cc(C(=O)N2CCC[C@@H](N)C2)cc2nc(-c3cc4ccccc4n3C[C@H](C)CI)n(C)c12. The molecule has 8 heteroatoms. The normalized spacial score (nSPS) is 17.3. The zero-order chi connectivity index (χ0) is 24.7. The summed E-state index contributed by atoms with van der Waals surface area (Å²) in [5, 5.41) is 1.19. The minimum atomic E-state index is -0.0162. The lowest BCUT2D eigenvalue weighted by molar-refractivity contribution is 0.0708. The van der Waals surface area contributed by atoms with Gasteiger partial charge < -0.3 is 24.5 Å². The van der Waals surface area contributed by atoms with Gasteiger partial charge >= 0.3 is 0 Å². The first kappa shape index (κ1) is 24.1. The van der Waals surface area contributed by atoms with Crippen molar-refractivity contribution in [1.29, 1.82) is 0 Å². The van der Waals surface area contributed by atoms with Crippen molar-refractivity contribution in [2.75, 3.05) is 24.6 Å². The first-order valence-electron chi connectivity index (χ1n) is 12.1. The number of ether oxygens (including phenoxy) is 1. The minimum Gasteiger partial charge on any atom is -0.494 e. The van der Waals surface area contributed by atoms with Gasteiger partial charge in [0, 0.05) is 53.6 Å². The lowest BCUT2D eigenvalue weighted by Gasteiger charge is -2.30. The highest BCUT2D eigenvalue weighted by Gasteiger charge is 2.25. The van der Waals surface area contributed by atoms with Crippen molar-refractivity contribution in [1.82, 2.24) is 19.0 Å². The summed E-state index contributed by atoms with van der Waals surface area (Å²) in [5.41, 5.74) is 10.6. The first-order valence-corrected chi connectivity index (χ1v) is 13.7. The number of piperidine rings is 1. The number of likely N-dealkylation sites (tertiary alicyclic amines) is 1.